The lowest BCUT2D eigenvalue weighted by molar-refractivity contribution is 1.42. The van der Waals surface area contributed by atoms with Crippen LogP contribution in [0.15, 0.2) is 48.5 Å². The molecule has 0 saturated carbocycles. The lowest BCUT2D eigenvalue weighted by Crippen LogP contribution is -1.74. The van der Waals surface area contributed by atoms with E-state index in [-0.39, 0.29) is 0 Å². The van der Waals surface area contributed by atoms with Crippen molar-refractivity contribution in [2.75, 3.05) is 0 Å². The van der Waals surface area contributed by atoms with Crippen LogP contribution in [0.3, 0.4) is 0 Å². The van der Waals surface area contributed by atoms with Crippen LogP contribution < -0.4 is 0 Å². The molecule has 0 aliphatic rings. The molecule has 0 spiro atoms. The van der Waals surface area contributed by atoms with Gasteiger partial charge in [0, 0.05) is 0 Å². The number of hydrogen-bond acceptors (Lipinski definition) is 0. The van der Waals surface area contributed by atoms with E-state index >= 15 is 0 Å². The van der Waals surface area contributed by atoms with Gasteiger partial charge in [0.25, 0.3) is 0 Å². The van der Waals surface area contributed by atoms with Gasteiger partial charge >= 0.3 is 0 Å². The zero-order valence-electron chi connectivity index (χ0n) is 8.11. The molecule has 0 amide bonds. The first-order chi connectivity index (χ1) is 6.90. The Morgan fingerprint density at radius 3 is 2.57 bits per heavy atom. The molecule has 0 aliphatic carbocycles. The summed E-state index contributed by atoms with van der Waals surface area (Å²) in [5.74, 6) is 0. The Morgan fingerprint density at radius 2 is 1.79 bits per heavy atom. The van der Waals surface area contributed by atoms with Crippen LogP contribution in [0.25, 0.3) is 16.8 Å². The van der Waals surface area contributed by atoms with Crippen molar-refractivity contribution < 1.29 is 0 Å². The average molecular weight is 181 g/mol. The highest BCUT2D eigenvalue weighted by atomic mass is 14.0. The molecule has 0 heteroatoms. The predicted octanol–water partition coefficient (Wildman–Crippen LogP) is 4.08. The molecule has 69 valence electrons. The zero-order valence-corrected chi connectivity index (χ0v) is 8.11. The normalized spacial score (nSPS) is 11.2. The molecule has 2 aromatic carbocycles. The van der Waals surface area contributed by atoms with Crippen molar-refractivity contribution in [2.45, 2.75) is 6.42 Å². The second kappa shape index (κ2) is 4.10. The molecule has 0 aliphatic heterocycles. The van der Waals surface area contributed by atoms with E-state index in [2.05, 4.69) is 61.5 Å². The molecule has 0 saturated heterocycles. The number of hydrogen-bond donors (Lipinski definition) is 0. The van der Waals surface area contributed by atoms with Crippen molar-refractivity contribution in [1.29, 1.82) is 0 Å². The van der Waals surface area contributed by atoms with Gasteiger partial charge in [-0.1, -0.05) is 48.6 Å². The third kappa shape index (κ3) is 1.85. The summed E-state index contributed by atoms with van der Waals surface area (Å²) in [6.07, 6.45) is 5.02. The molecule has 0 heterocycles. The van der Waals surface area contributed by atoms with E-state index in [1.165, 1.54) is 16.3 Å². The minimum absolute atomic E-state index is 0.840. The molecule has 0 nitrogen and oxygen atoms in total. The maximum absolute atomic E-state index is 3.78. The van der Waals surface area contributed by atoms with E-state index in [0.29, 0.717) is 0 Å². The molecule has 0 N–H and O–H groups in total. The third-order valence-corrected chi connectivity index (χ3v) is 2.25. The van der Waals surface area contributed by atoms with Crippen LogP contribution in [0.5, 0.6) is 0 Å². The third-order valence-electron chi connectivity index (χ3n) is 2.25. The summed E-state index contributed by atoms with van der Waals surface area (Å²) >= 11 is 0. The highest BCUT2D eigenvalue weighted by Gasteiger charge is 1.91. The Morgan fingerprint density at radius 1 is 1.00 bits per heavy atom. The van der Waals surface area contributed by atoms with Crippen LogP contribution in [0.2, 0.25) is 0 Å². The molecule has 2 aromatic rings. The lowest BCUT2D eigenvalue weighted by atomic mass is 10.1. The average Bonchev–Trinajstić information content (AvgIpc) is 2.26. The summed E-state index contributed by atoms with van der Waals surface area (Å²) < 4.78 is 0. The number of allylic oxidation sites excluding steroid dienone is 1. The van der Waals surface area contributed by atoms with Gasteiger partial charge in [0.15, 0.2) is 0 Å². The van der Waals surface area contributed by atoms with Gasteiger partial charge in [-0.3, -0.25) is 0 Å². The van der Waals surface area contributed by atoms with Gasteiger partial charge < -0.3 is 0 Å². The first-order valence-electron chi connectivity index (χ1n) is 4.85. The van der Waals surface area contributed by atoms with E-state index in [1.807, 2.05) is 0 Å². The first kappa shape index (κ1) is 9.01. The van der Waals surface area contributed by atoms with Crippen molar-refractivity contribution in [3.63, 3.8) is 0 Å². The molecule has 14 heavy (non-hydrogen) atoms. The second-order valence-corrected chi connectivity index (χ2v) is 3.30. The largest absolute Gasteiger partial charge is 0.0839 e. The van der Waals surface area contributed by atoms with Crippen LogP contribution in [0.1, 0.15) is 12.0 Å². The Balaban J connectivity index is 2.46. The molecule has 2 rings (SSSR count). The Kier molecular flexibility index (Phi) is 2.64. The predicted molar refractivity (Wildman–Crippen MR) is 63.0 cm³/mol. The molecular weight excluding hydrogens is 168 g/mol. The van der Waals surface area contributed by atoms with E-state index in [1.54, 1.807) is 0 Å². The van der Waals surface area contributed by atoms with Crippen LogP contribution in [-0.2, 0) is 0 Å². The Hall–Kier alpha value is -1.56. The van der Waals surface area contributed by atoms with Gasteiger partial charge in [-0.15, -0.1) is 0 Å². The van der Waals surface area contributed by atoms with E-state index < -0.39 is 0 Å². The van der Waals surface area contributed by atoms with Gasteiger partial charge in [-0.05, 0) is 35.7 Å². The lowest BCUT2D eigenvalue weighted by Gasteiger charge is -1.98. The van der Waals surface area contributed by atoms with E-state index in [9.17, 15) is 0 Å². The van der Waals surface area contributed by atoms with Crippen molar-refractivity contribution in [3.8, 4) is 0 Å². The summed E-state index contributed by atoms with van der Waals surface area (Å²) in [6.45, 7) is 3.78. The molecule has 0 atom stereocenters. The zero-order chi connectivity index (χ0) is 9.80. The fourth-order valence-corrected chi connectivity index (χ4v) is 1.53. The fourth-order valence-electron chi connectivity index (χ4n) is 1.53. The molecule has 0 unspecified atom stereocenters. The van der Waals surface area contributed by atoms with Gasteiger partial charge in [-0.25, -0.2) is 0 Å². The summed E-state index contributed by atoms with van der Waals surface area (Å²) in [5, 5.41) is 2.58. The molecule has 0 fully saturated rings. The summed E-state index contributed by atoms with van der Waals surface area (Å²) in [6, 6.07) is 14.9. The van der Waals surface area contributed by atoms with Crippen LogP contribution in [0.4, 0.5) is 0 Å². The quantitative estimate of drug-likeness (QED) is 0.655. The maximum atomic E-state index is 3.78. The van der Waals surface area contributed by atoms with Crippen molar-refractivity contribution in [2.24, 2.45) is 0 Å². The van der Waals surface area contributed by atoms with Gasteiger partial charge in [0.05, 0.1) is 0 Å². The second-order valence-electron chi connectivity index (χ2n) is 3.30. The van der Waals surface area contributed by atoms with Gasteiger partial charge in [0.1, 0.15) is 0 Å². The van der Waals surface area contributed by atoms with Crippen LogP contribution >= 0.6 is 0 Å². The van der Waals surface area contributed by atoms with Crippen LogP contribution in [0, 0.1) is 6.92 Å². The van der Waals surface area contributed by atoms with Gasteiger partial charge in [0.2, 0.25) is 0 Å². The highest BCUT2D eigenvalue weighted by Crippen LogP contribution is 2.16. The highest BCUT2D eigenvalue weighted by molar-refractivity contribution is 5.84. The fraction of sp³-hybridized carbons (Fsp3) is 0.0714. The molecule has 0 aromatic heterocycles. The molecule has 0 bridgehead atoms. The number of fused-ring (bicyclic) bond motifs is 1. The minimum Gasteiger partial charge on any atom is -0.0839 e. The standard InChI is InChI=1S/C14H13/c1-2-3-6-12-9-10-13-7-4-5-8-14(13)11-12/h3-11H,1-2H2. The summed E-state index contributed by atoms with van der Waals surface area (Å²) in [4.78, 5) is 0. The van der Waals surface area contributed by atoms with Gasteiger partial charge in [-0.2, -0.15) is 0 Å². The topological polar surface area (TPSA) is 0 Å². The molecule has 1 radical (unpaired) electrons. The SMILES string of the molecule is [CH2]CC=Cc1ccc2ccccc2c1. The number of benzene rings is 2. The van der Waals surface area contributed by atoms with Crippen molar-refractivity contribution in [3.05, 3.63) is 61.0 Å². The minimum atomic E-state index is 0.840. The summed E-state index contributed by atoms with van der Waals surface area (Å²) in [5.41, 5.74) is 1.24. The Bertz CT molecular complexity index is 452. The summed E-state index contributed by atoms with van der Waals surface area (Å²) in [7, 11) is 0. The smallest absolute Gasteiger partial charge is 0.0178 e. The van der Waals surface area contributed by atoms with Crippen LogP contribution in [-0.4, -0.2) is 0 Å². The molecular formula is C14H13. The maximum Gasteiger partial charge on any atom is -0.0178 e. The number of rotatable bonds is 2. The van der Waals surface area contributed by atoms with Crippen molar-refractivity contribution in [1.82, 2.24) is 0 Å². The van der Waals surface area contributed by atoms with Crippen molar-refractivity contribution >= 4 is 16.8 Å². The monoisotopic (exact) mass is 181 g/mol. The van der Waals surface area contributed by atoms with E-state index in [0.717, 1.165) is 6.42 Å². The van der Waals surface area contributed by atoms with E-state index in [4.69, 9.17) is 0 Å². The Labute approximate surface area is 84.9 Å². The first-order valence-corrected chi connectivity index (χ1v) is 4.85.